The molecule has 1 spiro atoms. The minimum absolute atomic E-state index is 0.0292. The lowest BCUT2D eigenvalue weighted by Gasteiger charge is -2.34. The van der Waals surface area contributed by atoms with Gasteiger partial charge in [-0.05, 0) is 37.1 Å². The third-order valence-corrected chi connectivity index (χ3v) is 6.96. The molecular weight excluding hydrogens is 292 g/mol. The van der Waals surface area contributed by atoms with Gasteiger partial charge in [-0.15, -0.1) is 11.3 Å². The number of thiophene rings is 1. The summed E-state index contributed by atoms with van der Waals surface area (Å²) in [7, 11) is -0.680. The Balaban J connectivity index is 1.63. The number of carbonyl (C=O) groups is 1. The van der Waals surface area contributed by atoms with Crippen LogP contribution in [0.4, 0.5) is 0 Å². The molecule has 3 fully saturated rings. The first-order valence-electron chi connectivity index (χ1n) is 7.18. The summed E-state index contributed by atoms with van der Waals surface area (Å²) in [4.78, 5) is 16.0. The van der Waals surface area contributed by atoms with Gasteiger partial charge in [0.2, 0.25) is 5.91 Å². The van der Waals surface area contributed by atoms with Gasteiger partial charge in [0.05, 0.1) is 0 Å². The fourth-order valence-corrected chi connectivity index (χ4v) is 5.38. The number of rotatable bonds is 2. The number of nitrogens with zero attached hydrogens (tertiary/aromatic N) is 1. The van der Waals surface area contributed by atoms with E-state index >= 15 is 0 Å². The second-order valence-corrected chi connectivity index (χ2v) is 8.61. The predicted molar refractivity (Wildman–Crippen MR) is 79.9 cm³/mol. The largest absolute Gasteiger partial charge is 0.317 e. The van der Waals surface area contributed by atoms with E-state index in [9.17, 15) is 9.00 Å². The highest BCUT2D eigenvalue weighted by atomic mass is 32.2. The van der Waals surface area contributed by atoms with E-state index in [1.54, 1.807) is 11.3 Å². The zero-order chi connectivity index (χ0) is 13.7. The van der Waals surface area contributed by atoms with Crippen molar-refractivity contribution in [3.8, 4) is 0 Å². The van der Waals surface area contributed by atoms with Gasteiger partial charge in [-0.3, -0.25) is 14.3 Å². The molecule has 1 aliphatic carbocycles. The highest BCUT2D eigenvalue weighted by Gasteiger charge is 2.60. The van der Waals surface area contributed by atoms with Gasteiger partial charge < -0.3 is 4.90 Å². The first-order valence-corrected chi connectivity index (χ1v) is 9.55. The van der Waals surface area contributed by atoms with Crippen molar-refractivity contribution in [2.75, 3.05) is 11.5 Å². The second kappa shape index (κ2) is 4.64. The van der Waals surface area contributed by atoms with Crippen molar-refractivity contribution in [1.29, 1.82) is 0 Å². The summed E-state index contributed by atoms with van der Waals surface area (Å²) in [5, 5.41) is 5.63. The predicted octanol–water partition coefficient (Wildman–Crippen LogP) is 1.62. The molecule has 4 rings (SSSR count). The van der Waals surface area contributed by atoms with E-state index in [0.29, 0.717) is 0 Å². The molecule has 0 radical (unpaired) electrons. The second-order valence-electron chi connectivity index (χ2n) is 5.94. The minimum Gasteiger partial charge on any atom is -0.317 e. The normalized spacial score (nSPS) is 35.7. The lowest BCUT2D eigenvalue weighted by atomic mass is 10.1. The quantitative estimate of drug-likeness (QED) is 0.903. The van der Waals surface area contributed by atoms with Crippen molar-refractivity contribution in [1.82, 2.24) is 10.2 Å². The Hall–Kier alpha value is -0.720. The van der Waals surface area contributed by atoms with Crippen LogP contribution in [0.2, 0.25) is 0 Å². The molecule has 2 aliphatic heterocycles. The van der Waals surface area contributed by atoms with Crippen LogP contribution in [0.1, 0.15) is 36.7 Å². The standard InChI is InChI=1S/C14H18N2O2S2/c17-13-14(5-6-14)15-12(11-2-1-7-19-11)16(13)10-3-8-20(18)9-4-10/h1-2,7,10,12,15H,3-6,8-9H2. The van der Waals surface area contributed by atoms with E-state index in [4.69, 9.17) is 0 Å². The van der Waals surface area contributed by atoms with Crippen LogP contribution in [0.3, 0.4) is 0 Å². The molecule has 1 unspecified atom stereocenters. The molecule has 4 nitrogen and oxygen atoms in total. The Morgan fingerprint density at radius 1 is 1.35 bits per heavy atom. The van der Waals surface area contributed by atoms with Crippen LogP contribution in [0.25, 0.3) is 0 Å². The van der Waals surface area contributed by atoms with Gasteiger partial charge in [0.1, 0.15) is 11.7 Å². The molecule has 0 aromatic carbocycles. The molecule has 6 heteroatoms. The van der Waals surface area contributed by atoms with Crippen LogP contribution in [0.15, 0.2) is 17.5 Å². The molecule has 0 bridgehead atoms. The van der Waals surface area contributed by atoms with Crippen molar-refractivity contribution in [3.05, 3.63) is 22.4 Å². The number of amides is 1. The first kappa shape index (κ1) is 13.0. The molecule has 1 N–H and O–H groups in total. The molecule has 1 saturated carbocycles. The Morgan fingerprint density at radius 2 is 2.10 bits per heavy atom. The molecule has 20 heavy (non-hydrogen) atoms. The number of hydrogen-bond acceptors (Lipinski definition) is 4. The van der Waals surface area contributed by atoms with Gasteiger partial charge >= 0.3 is 0 Å². The van der Waals surface area contributed by atoms with Crippen molar-refractivity contribution < 1.29 is 9.00 Å². The molecule has 3 heterocycles. The van der Waals surface area contributed by atoms with Gasteiger partial charge in [0, 0.05) is 33.2 Å². The molecule has 1 atom stereocenters. The maximum atomic E-state index is 12.8. The SMILES string of the molecule is O=C1N(C2CCS(=O)CC2)C(c2cccs2)NC12CC2. The van der Waals surface area contributed by atoms with Crippen LogP contribution >= 0.6 is 11.3 Å². The van der Waals surface area contributed by atoms with Gasteiger partial charge in [0.25, 0.3) is 0 Å². The van der Waals surface area contributed by atoms with E-state index in [0.717, 1.165) is 37.2 Å². The molecule has 3 aliphatic rings. The number of carbonyl (C=O) groups excluding carboxylic acids is 1. The molecule has 2 saturated heterocycles. The van der Waals surface area contributed by atoms with Gasteiger partial charge in [-0.2, -0.15) is 0 Å². The summed E-state index contributed by atoms with van der Waals surface area (Å²) < 4.78 is 11.5. The van der Waals surface area contributed by atoms with Crippen LogP contribution in [-0.2, 0) is 15.6 Å². The van der Waals surface area contributed by atoms with Crippen molar-refractivity contribution in [2.45, 2.75) is 43.4 Å². The summed E-state index contributed by atoms with van der Waals surface area (Å²) in [6.45, 7) is 0. The van der Waals surface area contributed by atoms with Crippen LogP contribution in [0.5, 0.6) is 0 Å². The zero-order valence-corrected chi connectivity index (χ0v) is 12.8. The lowest BCUT2D eigenvalue weighted by Crippen LogP contribution is -2.43. The van der Waals surface area contributed by atoms with E-state index < -0.39 is 10.8 Å². The smallest absolute Gasteiger partial charge is 0.244 e. The average Bonchev–Trinajstić information content (AvgIpc) is 2.92. The lowest BCUT2D eigenvalue weighted by molar-refractivity contribution is -0.133. The molecular formula is C14H18N2O2S2. The molecule has 1 aromatic rings. The van der Waals surface area contributed by atoms with Gasteiger partial charge in [-0.1, -0.05) is 6.07 Å². The minimum atomic E-state index is -0.680. The van der Waals surface area contributed by atoms with E-state index in [1.807, 2.05) is 6.07 Å². The molecule has 1 amide bonds. The summed E-state index contributed by atoms with van der Waals surface area (Å²) in [5.41, 5.74) is -0.273. The maximum Gasteiger partial charge on any atom is 0.244 e. The Bertz CT molecular complexity index is 544. The highest BCUT2D eigenvalue weighted by Crippen LogP contribution is 2.48. The van der Waals surface area contributed by atoms with Gasteiger partial charge in [0.15, 0.2) is 0 Å². The Kier molecular flexibility index (Phi) is 3.01. The zero-order valence-electron chi connectivity index (χ0n) is 11.2. The maximum absolute atomic E-state index is 12.8. The average molecular weight is 310 g/mol. The van der Waals surface area contributed by atoms with E-state index in [-0.39, 0.29) is 23.7 Å². The summed E-state index contributed by atoms with van der Waals surface area (Å²) in [5.74, 6) is 1.74. The molecule has 108 valence electrons. The van der Waals surface area contributed by atoms with E-state index in [1.165, 1.54) is 4.88 Å². The third kappa shape index (κ3) is 1.96. The fourth-order valence-electron chi connectivity index (χ4n) is 3.33. The third-order valence-electron chi connectivity index (χ3n) is 4.65. The first-order chi connectivity index (χ1) is 9.70. The Morgan fingerprint density at radius 3 is 2.70 bits per heavy atom. The van der Waals surface area contributed by atoms with Crippen molar-refractivity contribution in [3.63, 3.8) is 0 Å². The number of nitrogens with one attached hydrogen (secondary N) is 1. The summed E-state index contributed by atoms with van der Waals surface area (Å²) in [6.07, 6.45) is 3.70. The molecule has 1 aromatic heterocycles. The summed E-state index contributed by atoms with van der Waals surface area (Å²) >= 11 is 1.70. The van der Waals surface area contributed by atoms with Crippen LogP contribution in [-0.4, -0.2) is 38.1 Å². The van der Waals surface area contributed by atoms with E-state index in [2.05, 4.69) is 21.7 Å². The highest BCUT2D eigenvalue weighted by molar-refractivity contribution is 7.85. The van der Waals surface area contributed by atoms with Gasteiger partial charge in [-0.25, -0.2) is 0 Å². The topological polar surface area (TPSA) is 49.4 Å². The number of hydrogen-bond donors (Lipinski definition) is 1. The van der Waals surface area contributed by atoms with Crippen LogP contribution < -0.4 is 5.32 Å². The fraction of sp³-hybridized carbons (Fsp3) is 0.643. The van der Waals surface area contributed by atoms with Crippen molar-refractivity contribution in [2.24, 2.45) is 0 Å². The Labute approximate surface area is 125 Å². The van der Waals surface area contributed by atoms with Crippen LogP contribution in [0, 0.1) is 0 Å². The summed E-state index contributed by atoms with van der Waals surface area (Å²) in [6, 6.07) is 4.39. The monoisotopic (exact) mass is 310 g/mol. The van der Waals surface area contributed by atoms with Crippen molar-refractivity contribution >= 4 is 28.0 Å².